The summed E-state index contributed by atoms with van der Waals surface area (Å²) in [5.74, 6) is 0.516. The van der Waals surface area contributed by atoms with Crippen LogP contribution in [0.3, 0.4) is 0 Å². The number of nitrogens with one attached hydrogen (secondary N) is 1. The maximum atomic E-state index is 13.4. The molecule has 0 bridgehead atoms. The van der Waals surface area contributed by atoms with Gasteiger partial charge in [0.1, 0.15) is 6.61 Å². The van der Waals surface area contributed by atoms with Crippen LogP contribution in [0.4, 0.5) is 5.82 Å². The zero-order valence-electron chi connectivity index (χ0n) is 22.5. The molecule has 1 fully saturated rings. The van der Waals surface area contributed by atoms with Crippen molar-refractivity contribution in [2.24, 2.45) is 0 Å². The quantitative estimate of drug-likeness (QED) is 0.266. The number of para-hydroxylation sites is 2. The number of aryl methyl sites for hydroxylation is 1. The van der Waals surface area contributed by atoms with Crippen molar-refractivity contribution in [3.63, 3.8) is 0 Å². The second-order valence-corrected chi connectivity index (χ2v) is 10.8. The fraction of sp³-hybridized carbons (Fsp3) is 0.286. The summed E-state index contributed by atoms with van der Waals surface area (Å²) in [5, 5.41) is 9.40. The molecule has 1 aliphatic heterocycles. The molecule has 5 rings (SSSR count). The van der Waals surface area contributed by atoms with Crippen LogP contribution in [0.2, 0.25) is 0 Å². The predicted octanol–water partition coefficient (Wildman–Crippen LogP) is 3.89. The molecule has 12 nitrogen and oxygen atoms in total. The molecule has 13 heteroatoms. The lowest BCUT2D eigenvalue weighted by atomic mass is 10.2. The number of benzene rings is 1. The number of anilines is 1. The van der Waals surface area contributed by atoms with Crippen LogP contribution in [0.1, 0.15) is 24.1 Å². The number of nitrogens with zero attached hydrogens (tertiary/aromatic N) is 4. The minimum atomic E-state index is -4.21. The number of hydrogen-bond donors (Lipinski definition) is 2. The van der Waals surface area contributed by atoms with Crippen LogP contribution in [0.15, 0.2) is 66.0 Å². The van der Waals surface area contributed by atoms with E-state index in [2.05, 4.69) is 24.7 Å². The number of pyridine rings is 2. The average molecular weight is 580 g/mol. The lowest BCUT2D eigenvalue weighted by Gasteiger charge is -2.19. The molecule has 0 saturated carbocycles. The monoisotopic (exact) mass is 579 g/mol. The Bertz CT molecular complexity index is 1610. The number of aromatic nitrogens is 4. The molecule has 1 aromatic carbocycles. The number of ether oxygens (including phenoxy) is 4. The van der Waals surface area contributed by atoms with E-state index < -0.39 is 10.0 Å². The standard InChI is InChI=1S/C28H29N5O7S/c1-18-9-10-24(30-15-18)41(35,36)33-27-25(40-23-8-4-3-7-22(23)37-2)28(39-17-21-6-5-13-38-21)32-26(31-27)19-11-12-29-20(14-19)16-34/h3-4,7-12,14-15,21,34H,5-6,13,16-17H2,1-2H3,(H,31,32,33). The van der Waals surface area contributed by atoms with E-state index in [9.17, 15) is 13.5 Å². The fourth-order valence-electron chi connectivity index (χ4n) is 4.08. The molecule has 0 aliphatic carbocycles. The lowest BCUT2D eigenvalue weighted by molar-refractivity contribution is 0.0654. The first-order valence-electron chi connectivity index (χ1n) is 12.8. The maximum Gasteiger partial charge on any atom is 0.280 e. The van der Waals surface area contributed by atoms with E-state index in [1.165, 1.54) is 25.6 Å². The largest absolute Gasteiger partial charge is 0.493 e. The van der Waals surface area contributed by atoms with Gasteiger partial charge in [-0.1, -0.05) is 18.2 Å². The summed E-state index contributed by atoms with van der Waals surface area (Å²) in [5.41, 5.74) is 1.66. The van der Waals surface area contributed by atoms with E-state index >= 15 is 0 Å². The third-order valence-corrected chi connectivity index (χ3v) is 7.43. The topological polar surface area (TPSA) is 155 Å². The fourth-order valence-corrected chi connectivity index (χ4v) is 5.01. The minimum Gasteiger partial charge on any atom is -0.493 e. The van der Waals surface area contributed by atoms with Crippen LogP contribution in [-0.4, -0.2) is 59.9 Å². The van der Waals surface area contributed by atoms with Crippen molar-refractivity contribution in [3.05, 3.63) is 72.2 Å². The van der Waals surface area contributed by atoms with Crippen molar-refractivity contribution in [1.82, 2.24) is 19.9 Å². The van der Waals surface area contributed by atoms with E-state index in [1.54, 1.807) is 49.4 Å². The molecule has 214 valence electrons. The van der Waals surface area contributed by atoms with Gasteiger partial charge >= 0.3 is 0 Å². The van der Waals surface area contributed by atoms with Crippen LogP contribution in [0.5, 0.6) is 23.1 Å². The zero-order chi connectivity index (χ0) is 28.8. The summed E-state index contributed by atoms with van der Waals surface area (Å²) in [4.78, 5) is 17.3. The van der Waals surface area contributed by atoms with Gasteiger partial charge in [-0.05, 0) is 55.7 Å². The Kier molecular flexibility index (Phi) is 8.57. The first-order chi connectivity index (χ1) is 19.9. The molecule has 2 N–H and O–H groups in total. The van der Waals surface area contributed by atoms with Gasteiger partial charge in [-0.2, -0.15) is 13.4 Å². The van der Waals surface area contributed by atoms with Crippen molar-refractivity contribution < 1.29 is 32.5 Å². The molecule has 0 amide bonds. The van der Waals surface area contributed by atoms with Gasteiger partial charge in [0, 0.05) is 24.6 Å². The van der Waals surface area contributed by atoms with Gasteiger partial charge in [-0.15, -0.1) is 0 Å². The van der Waals surface area contributed by atoms with E-state index in [4.69, 9.17) is 18.9 Å². The molecular weight excluding hydrogens is 550 g/mol. The summed E-state index contributed by atoms with van der Waals surface area (Å²) < 4.78 is 52.8. The highest BCUT2D eigenvalue weighted by molar-refractivity contribution is 7.92. The molecule has 1 saturated heterocycles. The zero-order valence-corrected chi connectivity index (χ0v) is 23.3. The third-order valence-electron chi connectivity index (χ3n) is 6.17. The van der Waals surface area contributed by atoms with E-state index in [-0.39, 0.29) is 53.4 Å². The Labute approximate surface area is 237 Å². The highest BCUT2D eigenvalue weighted by Crippen LogP contribution is 2.41. The summed E-state index contributed by atoms with van der Waals surface area (Å²) in [6.07, 6.45) is 4.50. The molecule has 1 atom stereocenters. The van der Waals surface area contributed by atoms with E-state index in [1.807, 2.05) is 0 Å². The molecule has 3 aromatic heterocycles. The highest BCUT2D eigenvalue weighted by Gasteiger charge is 2.27. The van der Waals surface area contributed by atoms with Crippen molar-refractivity contribution >= 4 is 15.8 Å². The van der Waals surface area contributed by atoms with Gasteiger partial charge in [0.05, 0.1) is 25.5 Å². The van der Waals surface area contributed by atoms with Gasteiger partial charge in [-0.25, -0.2) is 9.97 Å². The number of aliphatic hydroxyl groups is 1. The Balaban J connectivity index is 1.65. The van der Waals surface area contributed by atoms with Crippen LogP contribution < -0.4 is 18.9 Å². The van der Waals surface area contributed by atoms with Crippen molar-refractivity contribution in [2.45, 2.75) is 37.5 Å². The van der Waals surface area contributed by atoms with Crippen LogP contribution in [-0.2, 0) is 21.4 Å². The second-order valence-electron chi connectivity index (χ2n) is 9.20. The molecule has 1 unspecified atom stereocenters. The average Bonchev–Trinajstić information content (AvgIpc) is 3.51. The van der Waals surface area contributed by atoms with E-state index in [0.717, 1.165) is 18.4 Å². The van der Waals surface area contributed by atoms with Gasteiger partial charge < -0.3 is 24.1 Å². The summed E-state index contributed by atoms with van der Waals surface area (Å²) in [6.45, 7) is 2.29. The van der Waals surface area contributed by atoms with Gasteiger partial charge in [0.2, 0.25) is 5.75 Å². The third kappa shape index (κ3) is 6.70. The smallest absolute Gasteiger partial charge is 0.280 e. The van der Waals surface area contributed by atoms with Crippen LogP contribution in [0, 0.1) is 6.92 Å². The summed E-state index contributed by atoms with van der Waals surface area (Å²) >= 11 is 0. The molecular formula is C28H29N5O7S. The Hall–Kier alpha value is -4.33. The molecule has 1 aliphatic rings. The Morgan fingerprint density at radius 3 is 2.63 bits per heavy atom. The van der Waals surface area contributed by atoms with Gasteiger partial charge in [0.15, 0.2) is 28.2 Å². The Morgan fingerprint density at radius 2 is 1.93 bits per heavy atom. The SMILES string of the molecule is COc1ccccc1Oc1c(NS(=O)(=O)c2ccc(C)cn2)nc(-c2ccnc(CO)c2)nc1OCC1CCCO1. The van der Waals surface area contributed by atoms with E-state index in [0.29, 0.717) is 23.6 Å². The number of methoxy groups -OCH3 is 1. The number of sulfonamides is 1. The van der Waals surface area contributed by atoms with Crippen LogP contribution in [0.25, 0.3) is 11.4 Å². The second kappa shape index (κ2) is 12.5. The number of rotatable bonds is 11. The van der Waals surface area contributed by atoms with Gasteiger partial charge in [-0.3, -0.25) is 9.71 Å². The lowest BCUT2D eigenvalue weighted by Crippen LogP contribution is -2.19. The minimum absolute atomic E-state index is 0.0201. The Morgan fingerprint density at radius 1 is 1.10 bits per heavy atom. The molecule has 4 heterocycles. The molecule has 4 aromatic rings. The highest BCUT2D eigenvalue weighted by atomic mass is 32.2. The normalized spacial score (nSPS) is 15.0. The van der Waals surface area contributed by atoms with Crippen molar-refractivity contribution in [1.29, 1.82) is 0 Å². The van der Waals surface area contributed by atoms with Gasteiger partial charge in [0.25, 0.3) is 15.9 Å². The number of aliphatic hydroxyl groups excluding tert-OH is 1. The predicted molar refractivity (Wildman–Crippen MR) is 149 cm³/mol. The molecule has 0 radical (unpaired) electrons. The first kappa shape index (κ1) is 28.2. The van der Waals surface area contributed by atoms with Crippen molar-refractivity contribution in [2.75, 3.05) is 25.0 Å². The summed E-state index contributed by atoms with van der Waals surface area (Å²) in [7, 11) is -2.72. The molecule has 0 spiro atoms. The number of hydrogen-bond acceptors (Lipinski definition) is 11. The first-order valence-corrected chi connectivity index (χ1v) is 14.3. The van der Waals surface area contributed by atoms with Crippen LogP contribution >= 0.6 is 0 Å². The van der Waals surface area contributed by atoms with Crippen molar-refractivity contribution in [3.8, 4) is 34.5 Å². The maximum absolute atomic E-state index is 13.4. The summed E-state index contributed by atoms with van der Waals surface area (Å²) in [6, 6.07) is 13.1. The molecule has 41 heavy (non-hydrogen) atoms.